The summed E-state index contributed by atoms with van der Waals surface area (Å²) < 4.78 is 39.9. The van der Waals surface area contributed by atoms with Gasteiger partial charge in [-0.25, -0.2) is 17.5 Å². The SMILES string of the molecule is Cl.O=S(=O)(NCC1CCCN1)c1cccc(Cl)c1F. The van der Waals surface area contributed by atoms with Crippen molar-refractivity contribution in [2.75, 3.05) is 13.1 Å². The van der Waals surface area contributed by atoms with Crippen LogP contribution in [-0.2, 0) is 10.0 Å². The first-order valence-electron chi connectivity index (χ1n) is 5.68. The summed E-state index contributed by atoms with van der Waals surface area (Å²) in [5, 5.41) is 2.96. The number of halogens is 3. The van der Waals surface area contributed by atoms with E-state index in [1.807, 2.05) is 0 Å². The summed E-state index contributed by atoms with van der Waals surface area (Å²) in [6.07, 6.45) is 1.94. The van der Waals surface area contributed by atoms with Gasteiger partial charge in [-0.3, -0.25) is 0 Å². The average molecular weight is 329 g/mol. The van der Waals surface area contributed by atoms with Gasteiger partial charge in [-0.1, -0.05) is 17.7 Å². The molecule has 0 bridgehead atoms. The summed E-state index contributed by atoms with van der Waals surface area (Å²) >= 11 is 5.57. The van der Waals surface area contributed by atoms with Crippen LogP contribution < -0.4 is 10.0 Å². The fourth-order valence-corrected chi connectivity index (χ4v) is 3.32. The standard InChI is InChI=1S/C11H14ClFN2O2S.ClH/c12-9-4-1-5-10(11(9)13)18(16,17)15-7-8-3-2-6-14-8;/h1,4-5,8,14-15H,2-3,6-7H2;1H. The van der Waals surface area contributed by atoms with E-state index in [0.717, 1.165) is 19.4 Å². The van der Waals surface area contributed by atoms with Crippen LogP contribution in [0.25, 0.3) is 0 Å². The Morgan fingerprint density at radius 3 is 2.84 bits per heavy atom. The van der Waals surface area contributed by atoms with E-state index >= 15 is 0 Å². The van der Waals surface area contributed by atoms with Crippen LogP contribution in [0.4, 0.5) is 4.39 Å². The van der Waals surface area contributed by atoms with Crippen molar-refractivity contribution in [3.05, 3.63) is 29.0 Å². The summed E-state index contributed by atoms with van der Waals surface area (Å²) in [5.74, 6) is -0.911. The summed E-state index contributed by atoms with van der Waals surface area (Å²) in [7, 11) is -3.85. The molecule has 0 amide bonds. The number of hydrogen-bond acceptors (Lipinski definition) is 3. The minimum atomic E-state index is -3.85. The summed E-state index contributed by atoms with van der Waals surface area (Å²) in [4.78, 5) is -0.409. The zero-order valence-corrected chi connectivity index (χ0v) is 12.4. The van der Waals surface area contributed by atoms with Crippen LogP contribution >= 0.6 is 24.0 Å². The minimum absolute atomic E-state index is 0. The molecule has 1 aliphatic heterocycles. The Balaban J connectivity index is 0.00000180. The highest BCUT2D eigenvalue weighted by molar-refractivity contribution is 7.89. The van der Waals surface area contributed by atoms with Gasteiger partial charge in [-0.2, -0.15) is 0 Å². The van der Waals surface area contributed by atoms with Crippen LogP contribution in [0.1, 0.15) is 12.8 Å². The van der Waals surface area contributed by atoms with Crippen molar-refractivity contribution in [3.63, 3.8) is 0 Å². The van der Waals surface area contributed by atoms with Gasteiger partial charge in [0.2, 0.25) is 10.0 Å². The Morgan fingerprint density at radius 2 is 2.21 bits per heavy atom. The maximum atomic E-state index is 13.6. The maximum Gasteiger partial charge on any atom is 0.243 e. The molecule has 0 aliphatic carbocycles. The molecule has 8 heteroatoms. The molecule has 19 heavy (non-hydrogen) atoms. The number of benzene rings is 1. The van der Waals surface area contributed by atoms with E-state index in [4.69, 9.17) is 11.6 Å². The Hall–Kier alpha value is -0.400. The van der Waals surface area contributed by atoms with Crippen LogP contribution in [0, 0.1) is 5.82 Å². The molecule has 0 spiro atoms. The van der Waals surface area contributed by atoms with Gasteiger partial charge in [-0.15, -0.1) is 12.4 Å². The average Bonchev–Trinajstić information content (AvgIpc) is 2.83. The molecule has 1 atom stereocenters. The van der Waals surface area contributed by atoms with E-state index in [1.165, 1.54) is 18.2 Å². The molecule has 1 saturated heterocycles. The molecule has 0 radical (unpaired) electrons. The van der Waals surface area contributed by atoms with Crippen LogP contribution in [0.5, 0.6) is 0 Å². The maximum absolute atomic E-state index is 13.6. The van der Waals surface area contributed by atoms with Gasteiger partial charge in [0.1, 0.15) is 4.90 Å². The molecule has 2 rings (SSSR count). The second-order valence-corrected chi connectivity index (χ2v) is 6.34. The first-order chi connectivity index (χ1) is 8.50. The van der Waals surface area contributed by atoms with Gasteiger partial charge in [-0.05, 0) is 31.5 Å². The van der Waals surface area contributed by atoms with Gasteiger partial charge in [0.15, 0.2) is 5.82 Å². The Kier molecular flexibility index (Phi) is 6.01. The predicted octanol–water partition coefficient (Wildman–Crippen LogP) is 1.93. The summed E-state index contributed by atoms with van der Waals surface area (Å²) in [5.41, 5.74) is 0. The molecule has 1 aromatic carbocycles. The fourth-order valence-electron chi connectivity index (χ4n) is 1.91. The molecular weight excluding hydrogens is 314 g/mol. The van der Waals surface area contributed by atoms with E-state index in [0.29, 0.717) is 0 Å². The van der Waals surface area contributed by atoms with E-state index in [9.17, 15) is 12.8 Å². The number of rotatable bonds is 4. The lowest BCUT2D eigenvalue weighted by atomic mass is 10.2. The fraction of sp³-hybridized carbons (Fsp3) is 0.455. The molecule has 108 valence electrons. The van der Waals surface area contributed by atoms with E-state index in [1.54, 1.807) is 0 Å². The quantitative estimate of drug-likeness (QED) is 0.887. The van der Waals surface area contributed by atoms with Crippen LogP contribution in [0.2, 0.25) is 5.02 Å². The van der Waals surface area contributed by atoms with Crippen molar-refractivity contribution >= 4 is 34.0 Å². The van der Waals surface area contributed by atoms with Crippen molar-refractivity contribution in [3.8, 4) is 0 Å². The first kappa shape index (κ1) is 16.7. The van der Waals surface area contributed by atoms with Gasteiger partial charge in [0.25, 0.3) is 0 Å². The lowest BCUT2D eigenvalue weighted by Gasteiger charge is -2.12. The predicted molar refractivity (Wildman–Crippen MR) is 74.9 cm³/mol. The highest BCUT2D eigenvalue weighted by Gasteiger charge is 2.22. The third-order valence-electron chi connectivity index (χ3n) is 2.89. The van der Waals surface area contributed by atoms with Gasteiger partial charge < -0.3 is 5.32 Å². The van der Waals surface area contributed by atoms with Gasteiger partial charge in [0, 0.05) is 12.6 Å². The minimum Gasteiger partial charge on any atom is -0.313 e. The third-order valence-corrected chi connectivity index (χ3v) is 4.62. The highest BCUT2D eigenvalue weighted by atomic mass is 35.5. The molecule has 1 fully saturated rings. The largest absolute Gasteiger partial charge is 0.313 e. The van der Waals surface area contributed by atoms with Crippen molar-refractivity contribution < 1.29 is 12.8 Å². The van der Waals surface area contributed by atoms with Crippen LogP contribution in [-0.4, -0.2) is 27.5 Å². The van der Waals surface area contributed by atoms with Crippen LogP contribution in [0.3, 0.4) is 0 Å². The lowest BCUT2D eigenvalue weighted by molar-refractivity contribution is 0.539. The molecule has 1 heterocycles. The number of nitrogens with one attached hydrogen (secondary N) is 2. The molecule has 1 aromatic rings. The van der Waals surface area contributed by atoms with Crippen molar-refractivity contribution in [2.24, 2.45) is 0 Å². The highest BCUT2D eigenvalue weighted by Crippen LogP contribution is 2.21. The molecule has 2 N–H and O–H groups in total. The Morgan fingerprint density at radius 1 is 1.47 bits per heavy atom. The zero-order chi connectivity index (χ0) is 13.2. The molecule has 0 aromatic heterocycles. The number of hydrogen-bond donors (Lipinski definition) is 2. The zero-order valence-electron chi connectivity index (χ0n) is 10.0. The smallest absolute Gasteiger partial charge is 0.243 e. The Bertz CT molecular complexity index is 533. The molecular formula is C11H15Cl2FN2O2S. The monoisotopic (exact) mass is 328 g/mol. The summed E-state index contributed by atoms with van der Waals surface area (Å²) in [6.45, 7) is 1.15. The van der Waals surface area contributed by atoms with Crippen LogP contribution in [0.15, 0.2) is 23.1 Å². The van der Waals surface area contributed by atoms with E-state index in [-0.39, 0.29) is 30.0 Å². The normalized spacial score (nSPS) is 19.2. The molecule has 0 saturated carbocycles. The van der Waals surface area contributed by atoms with Crippen molar-refractivity contribution in [2.45, 2.75) is 23.8 Å². The second kappa shape index (κ2) is 6.85. The summed E-state index contributed by atoms with van der Waals surface area (Å²) in [6, 6.07) is 4.04. The van der Waals surface area contributed by atoms with Crippen molar-refractivity contribution in [1.29, 1.82) is 0 Å². The second-order valence-electron chi connectivity index (χ2n) is 4.20. The number of sulfonamides is 1. The molecule has 1 aliphatic rings. The van der Waals surface area contributed by atoms with Gasteiger partial charge in [0.05, 0.1) is 5.02 Å². The topological polar surface area (TPSA) is 58.2 Å². The van der Waals surface area contributed by atoms with Crippen molar-refractivity contribution in [1.82, 2.24) is 10.0 Å². The van der Waals surface area contributed by atoms with E-state index < -0.39 is 20.7 Å². The van der Waals surface area contributed by atoms with E-state index in [2.05, 4.69) is 10.0 Å². The third kappa shape index (κ3) is 4.03. The van der Waals surface area contributed by atoms with Gasteiger partial charge >= 0.3 is 0 Å². The lowest BCUT2D eigenvalue weighted by Crippen LogP contribution is -2.37. The molecule has 1 unspecified atom stereocenters. The first-order valence-corrected chi connectivity index (χ1v) is 7.54. The molecule has 4 nitrogen and oxygen atoms in total. The Labute approximate surface area is 123 Å².